The van der Waals surface area contributed by atoms with Crippen LogP contribution in [0.5, 0.6) is 5.88 Å². The number of pyridine rings is 2. The molecule has 36 heavy (non-hydrogen) atoms. The van der Waals surface area contributed by atoms with Crippen LogP contribution in [-0.4, -0.2) is 65.0 Å². The largest absolute Gasteiger partial charge is 0.481 e. The van der Waals surface area contributed by atoms with E-state index in [0.29, 0.717) is 24.6 Å². The van der Waals surface area contributed by atoms with Crippen LogP contribution in [0, 0.1) is 0 Å². The molecule has 2 N–H and O–H groups in total. The van der Waals surface area contributed by atoms with Gasteiger partial charge in [0, 0.05) is 18.8 Å². The van der Waals surface area contributed by atoms with E-state index in [1.165, 1.54) is 17.4 Å². The van der Waals surface area contributed by atoms with Crippen LogP contribution in [0.25, 0.3) is 11.0 Å². The first-order valence-electron chi connectivity index (χ1n) is 11.9. The van der Waals surface area contributed by atoms with Crippen molar-refractivity contribution >= 4 is 17.1 Å². The van der Waals surface area contributed by atoms with Gasteiger partial charge in [-0.2, -0.15) is 0 Å². The van der Waals surface area contributed by atoms with Gasteiger partial charge in [-0.15, -0.1) is 0 Å². The summed E-state index contributed by atoms with van der Waals surface area (Å²) in [6.07, 6.45) is 10.9. The summed E-state index contributed by atoms with van der Waals surface area (Å²) in [5, 5.41) is 13.9. The van der Waals surface area contributed by atoms with Gasteiger partial charge in [0.2, 0.25) is 11.8 Å². The van der Waals surface area contributed by atoms with Gasteiger partial charge in [0.05, 0.1) is 24.7 Å². The zero-order valence-corrected chi connectivity index (χ0v) is 19.9. The van der Waals surface area contributed by atoms with E-state index < -0.39 is 18.3 Å². The number of carbonyl (C=O) groups excluding carboxylic acids is 1. The standard InChI is InChI=1S/C26H28N4O6/c1-33-23-8-7-19-25(29-23)18(10-12-28-19)9-11-27-13-20(31)21-14-30(26(32)36-21)24-16-34-15-22(35-24)17-5-3-2-4-6-17/h2-3,5,7-8,10,12,15-16,20-21,27,31H,4,6,9,11,13-14H2,1H3/t20-,21-/m1/s1. The normalized spacial score (nSPS) is 20.2. The summed E-state index contributed by atoms with van der Waals surface area (Å²) in [5.41, 5.74) is 3.60. The van der Waals surface area contributed by atoms with E-state index in [2.05, 4.69) is 21.4 Å². The highest BCUT2D eigenvalue weighted by Gasteiger charge is 2.39. The van der Waals surface area contributed by atoms with Crippen molar-refractivity contribution < 1.29 is 28.8 Å². The second kappa shape index (κ2) is 10.8. The number of aliphatic hydroxyl groups is 1. The average Bonchev–Trinajstić information content (AvgIpc) is 3.33. The van der Waals surface area contributed by atoms with Gasteiger partial charge >= 0.3 is 6.09 Å². The molecule has 1 fully saturated rings. The lowest BCUT2D eigenvalue weighted by Gasteiger charge is -2.23. The van der Waals surface area contributed by atoms with Crippen molar-refractivity contribution in [2.45, 2.75) is 31.5 Å². The zero-order chi connectivity index (χ0) is 24.9. The topological polar surface area (TPSA) is 115 Å². The van der Waals surface area contributed by atoms with Gasteiger partial charge in [0.15, 0.2) is 12.0 Å². The summed E-state index contributed by atoms with van der Waals surface area (Å²) in [5.74, 6) is 1.33. The SMILES string of the molecule is COc1ccc2nccc(CCNC[C@@H](O)[C@H]3CN(C4=COC=C(C5=CC=CCC5)O4)C(=O)O3)c2n1. The van der Waals surface area contributed by atoms with Crippen LogP contribution in [0.1, 0.15) is 18.4 Å². The Morgan fingerprint density at radius 2 is 2.22 bits per heavy atom. The van der Waals surface area contributed by atoms with Gasteiger partial charge in [0.25, 0.3) is 0 Å². The van der Waals surface area contributed by atoms with E-state index in [4.69, 9.17) is 18.9 Å². The fourth-order valence-electron chi connectivity index (χ4n) is 4.23. The minimum absolute atomic E-state index is 0.155. The number of carbonyl (C=O) groups is 1. The highest BCUT2D eigenvalue weighted by molar-refractivity contribution is 5.78. The lowest BCUT2D eigenvalue weighted by Crippen LogP contribution is -2.39. The van der Waals surface area contributed by atoms with Crippen molar-refractivity contribution in [3.63, 3.8) is 0 Å². The van der Waals surface area contributed by atoms with E-state index in [0.717, 1.165) is 35.0 Å². The fourth-order valence-corrected chi connectivity index (χ4v) is 4.23. The molecule has 2 aliphatic heterocycles. The molecule has 0 unspecified atom stereocenters. The second-order valence-corrected chi connectivity index (χ2v) is 8.58. The molecule has 1 saturated heterocycles. The third-order valence-electron chi connectivity index (χ3n) is 6.19. The van der Waals surface area contributed by atoms with Gasteiger partial charge in [-0.25, -0.2) is 14.7 Å². The molecule has 0 bridgehead atoms. The molecule has 188 valence electrons. The number of cyclic esters (lactones) is 1. The molecule has 0 aromatic carbocycles. The average molecular weight is 493 g/mol. The first-order valence-corrected chi connectivity index (χ1v) is 11.9. The molecular formula is C26H28N4O6. The molecule has 10 heteroatoms. The van der Waals surface area contributed by atoms with Crippen molar-refractivity contribution in [3.05, 3.63) is 77.9 Å². The Labute approximate surface area is 208 Å². The number of allylic oxidation sites excluding steroid dienone is 4. The Kier molecular flexibility index (Phi) is 7.15. The van der Waals surface area contributed by atoms with Crippen LogP contribution in [0.4, 0.5) is 4.79 Å². The van der Waals surface area contributed by atoms with Crippen LogP contribution >= 0.6 is 0 Å². The first-order chi connectivity index (χ1) is 17.6. The number of rotatable bonds is 9. The van der Waals surface area contributed by atoms with Crippen LogP contribution in [0.2, 0.25) is 0 Å². The molecule has 4 heterocycles. The number of nitrogens with one attached hydrogen (secondary N) is 1. The first kappa shape index (κ1) is 23.8. The van der Waals surface area contributed by atoms with E-state index in [-0.39, 0.29) is 19.0 Å². The molecule has 1 aliphatic carbocycles. The van der Waals surface area contributed by atoms with Crippen molar-refractivity contribution in [2.75, 3.05) is 26.7 Å². The lowest BCUT2D eigenvalue weighted by molar-refractivity contribution is 0.0333. The summed E-state index contributed by atoms with van der Waals surface area (Å²) >= 11 is 0. The number of hydrogen-bond acceptors (Lipinski definition) is 9. The predicted octanol–water partition coefficient (Wildman–Crippen LogP) is 2.92. The second-order valence-electron chi connectivity index (χ2n) is 8.58. The number of aliphatic hydroxyl groups excluding tert-OH is 1. The lowest BCUT2D eigenvalue weighted by atomic mass is 10.0. The monoisotopic (exact) mass is 492 g/mol. The Bertz CT molecular complexity index is 1250. The molecule has 0 radical (unpaired) electrons. The van der Waals surface area contributed by atoms with Crippen molar-refractivity contribution in [3.8, 4) is 5.88 Å². The Morgan fingerprint density at radius 1 is 1.31 bits per heavy atom. The molecule has 10 nitrogen and oxygen atoms in total. The smallest absolute Gasteiger partial charge is 0.417 e. The summed E-state index contributed by atoms with van der Waals surface area (Å²) in [6.45, 7) is 1.01. The minimum Gasteiger partial charge on any atom is -0.481 e. The maximum absolute atomic E-state index is 12.5. The highest BCUT2D eigenvalue weighted by Crippen LogP contribution is 2.29. The molecule has 2 aromatic heterocycles. The molecule has 2 atom stereocenters. The van der Waals surface area contributed by atoms with Gasteiger partial charge in [0.1, 0.15) is 18.5 Å². The number of ether oxygens (including phenoxy) is 4. The Hall–Kier alpha value is -3.89. The van der Waals surface area contributed by atoms with Crippen molar-refractivity contribution in [1.29, 1.82) is 0 Å². The Morgan fingerprint density at radius 3 is 3.06 bits per heavy atom. The van der Waals surface area contributed by atoms with E-state index >= 15 is 0 Å². The van der Waals surface area contributed by atoms with Crippen LogP contribution in [-0.2, 0) is 20.6 Å². The third kappa shape index (κ3) is 5.19. The van der Waals surface area contributed by atoms with E-state index in [1.54, 1.807) is 19.4 Å². The molecule has 1 amide bonds. The zero-order valence-electron chi connectivity index (χ0n) is 19.9. The minimum atomic E-state index is -0.891. The van der Waals surface area contributed by atoms with Gasteiger partial charge < -0.3 is 29.4 Å². The number of amides is 1. The van der Waals surface area contributed by atoms with Gasteiger partial charge in [-0.05, 0) is 49.1 Å². The summed E-state index contributed by atoms with van der Waals surface area (Å²) in [4.78, 5) is 22.7. The maximum Gasteiger partial charge on any atom is 0.417 e. The molecule has 5 rings (SSSR count). The molecule has 0 spiro atoms. The number of nitrogens with zero attached hydrogens (tertiary/aromatic N) is 3. The molecule has 3 aliphatic rings. The van der Waals surface area contributed by atoms with E-state index in [9.17, 15) is 9.90 Å². The highest BCUT2D eigenvalue weighted by atomic mass is 16.6. The predicted molar refractivity (Wildman–Crippen MR) is 130 cm³/mol. The number of methoxy groups -OCH3 is 1. The number of hydrogen-bond donors (Lipinski definition) is 2. The van der Waals surface area contributed by atoms with Crippen LogP contribution in [0.3, 0.4) is 0 Å². The Balaban J connectivity index is 1.12. The fraction of sp³-hybridized carbons (Fsp3) is 0.346. The maximum atomic E-state index is 12.5. The number of aromatic nitrogens is 2. The van der Waals surface area contributed by atoms with Gasteiger partial charge in [-0.1, -0.05) is 18.2 Å². The summed E-state index contributed by atoms with van der Waals surface area (Å²) in [7, 11) is 1.58. The quantitative estimate of drug-likeness (QED) is 0.510. The molecular weight excluding hydrogens is 464 g/mol. The molecule has 0 saturated carbocycles. The van der Waals surface area contributed by atoms with Crippen LogP contribution < -0.4 is 10.1 Å². The summed E-state index contributed by atoms with van der Waals surface area (Å²) < 4.78 is 22.0. The third-order valence-corrected chi connectivity index (χ3v) is 6.19. The van der Waals surface area contributed by atoms with Crippen LogP contribution in [0.15, 0.2) is 72.4 Å². The van der Waals surface area contributed by atoms with Crippen molar-refractivity contribution in [1.82, 2.24) is 20.2 Å². The van der Waals surface area contributed by atoms with Gasteiger partial charge in [-0.3, -0.25) is 4.98 Å². The molecule has 2 aromatic rings. The van der Waals surface area contributed by atoms with E-state index in [1.807, 2.05) is 24.3 Å². The summed E-state index contributed by atoms with van der Waals surface area (Å²) in [6, 6.07) is 5.58. The van der Waals surface area contributed by atoms with Crippen molar-refractivity contribution in [2.24, 2.45) is 0 Å². The number of fused-ring (bicyclic) bond motifs is 1.